The molecule has 0 aliphatic rings. The summed E-state index contributed by atoms with van der Waals surface area (Å²) in [5.74, 6) is 1.94. The monoisotopic (exact) mass is 310 g/mol. The van der Waals surface area contributed by atoms with Crippen molar-refractivity contribution in [1.82, 2.24) is 19.6 Å². The fraction of sp³-hybridized carbons (Fsp3) is 0.0667. The Morgan fingerprint density at radius 1 is 1.32 bits per heavy atom. The molecule has 0 unspecified atom stereocenters. The number of aromatic nitrogens is 4. The van der Waals surface area contributed by atoms with Gasteiger partial charge in [-0.3, -0.25) is 9.78 Å². The minimum absolute atomic E-state index is 0.198. The molecular formula is C15H10N4O2S. The average Bonchev–Trinajstić information content (AvgIpc) is 3.19. The summed E-state index contributed by atoms with van der Waals surface area (Å²) in [5.41, 5.74) is 0.585. The summed E-state index contributed by atoms with van der Waals surface area (Å²) in [7, 11) is 0. The molecule has 6 nitrogen and oxygen atoms in total. The number of aryl methyl sites for hydroxylation is 1. The van der Waals surface area contributed by atoms with E-state index in [1.165, 1.54) is 15.9 Å². The number of hydrogen-bond donors (Lipinski definition) is 0. The Labute approximate surface area is 128 Å². The number of pyridine rings is 1. The quantitative estimate of drug-likeness (QED) is 0.563. The topological polar surface area (TPSA) is 73.3 Å². The summed E-state index contributed by atoms with van der Waals surface area (Å²) in [6, 6.07) is 7.34. The van der Waals surface area contributed by atoms with Crippen LogP contribution in [-0.2, 0) is 0 Å². The highest BCUT2D eigenvalue weighted by Gasteiger charge is 2.12. The van der Waals surface area contributed by atoms with E-state index in [4.69, 9.17) is 4.42 Å². The van der Waals surface area contributed by atoms with Crippen LogP contribution < -0.4 is 10.1 Å². The molecule has 0 bridgehead atoms. The molecule has 0 atom stereocenters. The van der Waals surface area contributed by atoms with Gasteiger partial charge in [0.15, 0.2) is 5.82 Å². The third-order valence-corrected chi connectivity index (χ3v) is 4.10. The van der Waals surface area contributed by atoms with Crippen LogP contribution in [0.2, 0.25) is 0 Å². The van der Waals surface area contributed by atoms with Crippen molar-refractivity contribution in [2.45, 2.75) is 6.92 Å². The number of hydrogen-bond acceptors (Lipinski definition) is 6. The first-order valence-electron chi connectivity index (χ1n) is 6.59. The van der Waals surface area contributed by atoms with E-state index in [9.17, 15) is 4.79 Å². The lowest BCUT2D eigenvalue weighted by Gasteiger charge is -1.90. The Morgan fingerprint density at radius 2 is 2.23 bits per heavy atom. The zero-order valence-electron chi connectivity index (χ0n) is 11.6. The smallest absolute Gasteiger partial charge is 0.291 e. The highest BCUT2D eigenvalue weighted by molar-refractivity contribution is 7.15. The van der Waals surface area contributed by atoms with Crippen molar-refractivity contribution in [3.8, 4) is 11.4 Å². The van der Waals surface area contributed by atoms with Crippen LogP contribution in [0.25, 0.3) is 22.4 Å². The molecule has 22 heavy (non-hydrogen) atoms. The van der Waals surface area contributed by atoms with E-state index in [2.05, 4.69) is 15.1 Å². The van der Waals surface area contributed by atoms with E-state index < -0.39 is 0 Å². The fourth-order valence-electron chi connectivity index (χ4n) is 2.11. The predicted octanol–water partition coefficient (Wildman–Crippen LogP) is 1.66. The molecule has 0 fully saturated rings. The second-order valence-electron chi connectivity index (χ2n) is 4.74. The maximum atomic E-state index is 12.4. The van der Waals surface area contributed by atoms with Gasteiger partial charge in [0.2, 0.25) is 4.96 Å². The number of furan rings is 1. The largest absolute Gasteiger partial charge is 0.462 e. The van der Waals surface area contributed by atoms with Gasteiger partial charge in [0.25, 0.3) is 5.56 Å². The maximum Gasteiger partial charge on any atom is 0.291 e. The Morgan fingerprint density at radius 3 is 2.91 bits per heavy atom. The van der Waals surface area contributed by atoms with Crippen LogP contribution >= 0.6 is 11.3 Å². The van der Waals surface area contributed by atoms with E-state index in [-0.39, 0.29) is 5.56 Å². The molecule has 0 saturated carbocycles. The van der Waals surface area contributed by atoms with E-state index >= 15 is 0 Å². The maximum absolute atomic E-state index is 12.4. The minimum atomic E-state index is -0.198. The zero-order valence-corrected chi connectivity index (χ0v) is 12.4. The van der Waals surface area contributed by atoms with Gasteiger partial charge in [-0.25, -0.2) is 0 Å². The third kappa shape index (κ3) is 2.11. The van der Waals surface area contributed by atoms with Crippen LogP contribution in [0.4, 0.5) is 0 Å². The van der Waals surface area contributed by atoms with Crippen molar-refractivity contribution in [1.29, 1.82) is 0 Å². The van der Waals surface area contributed by atoms with E-state index in [0.717, 1.165) is 11.3 Å². The Balaban J connectivity index is 1.85. The Hall–Kier alpha value is -2.80. The molecule has 4 heterocycles. The lowest BCUT2D eigenvalue weighted by molar-refractivity contribution is 0.525. The first kappa shape index (κ1) is 12.9. The molecule has 0 N–H and O–H groups in total. The minimum Gasteiger partial charge on any atom is -0.462 e. The van der Waals surface area contributed by atoms with Gasteiger partial charge in [-0.15, -0.1) is 5.10 Å². The molecule has 0 amide bonds. The van der Waals surface area contributed by atoms with Crippen LogP contribution in [0.3, 0.4) is 0 Å². The van der Waals surface area contributed by atoms with Gasteiger partial charge < -0.3 is 4.42 Å². The molecule has 4 rings (SSSR count). The van der Waals surface area contributed by atoms with Crippen molar-refractivity contribution < 1.29 is 4.42 Å². The fourth-order valence-corrected chi connectivity index (χ4v) is 3.00. The number of fused-ring (bicyclic) bond motifs is 1. The van der Waals surface area contributed by atoms with Crippen LogP contribution in [-0.4, -0.2) is 19.6 Å². The van der Waals surface area contributed by atoms with Crippen LogP contribution in [0.1, 0.15) is 11.5 Å². The van der Waals surface area contributed by atoms with Crippen molar-refractivity contribution in [3.05, 3.63) is 63.1 Å². The van der Waals surface area contributed by atoms with Crippen molar-refractivity contribution in [2.75, 3.05) is 0 Å². The Kier molecular flexibility index (Phi) is 2.87. The van der Waals surface area contributed by atoms with Crippen molar-refractivity contribution in [3.63, 3.8) is 0 Å². The van der Waals surface area contributed by atoms with Gasteiger partial charge in [0.1, 0.15) is 16.1 Å². The number of thiazole rings is 1. The van der Waals surface area contributed by atoms with Crippen LogP contribution in [0, 0.1) is 6.92 Å². The molecule has 108 valence electrons. The molecule has 0 aliphatic carbocycles. The van der Waals surface area contributed by atoms with E-state index in [1.807, 2.05) is 25.1 Å². The van der Waals surface area contributed by atoms with Gasteiger partial charge in [0, 0.05) is 24.0 Å². The highest BCUT2D eigenvalue weighted by Crippen LogP contribution is 2.14. The van der Waals surface area contributed by atoms with Gasteiger partial charge in [-0.1, -0.05) is 11.3 Å². The summed E-state index contributed by atoms with van der Waals surface area (Å²) < 4.78 is 7.32. The van der Waals surface area contributed by atoms with Crippen LogP contribution in [0.5, 0.6) is 0 Å². The Bertz CT molecular complexity index is 1060. The number of rotatable bonds is 2. The second kappa shape index (κ2) is 4.88. The molecule has 7 heteroatoms. The normalized spacial score (nSPS) is 12.3. The molecule has 0 saturated heterocycles. The van der Waals surface area contributed by atoms with Gasteiger partial charge in [-0.05, 0) is 31.2 Å². The molecular weight excluding hydrogens is 300 g/mol. The highest BCUT2D eigenvalue weighted by atomic mass is 32.1. The first-order chi connectivity index (χ1) is 10.7. The third-order valence-electron chi connectivity index (χ3n) is 3.14. The van der Waals surface area contributed by atoms with Gasteiger partial charge in [-0.2, -0.15) is 9.50 Å². The summed E-state index contributed by atoms with van der Waals surface area (Å²) in [6.07, 6.45) is 5.06. The average molecular weight is 310 g/mol. The SMILES string of the molecule is Cc1ccc(C=c2sc3nc(-c4cccnc4)nn3c2=O)o1. The molecule has 0 aliphatic heterocycles. The molecule has 4 aromatic heterocycles. The second-order valence-corrected chi connectivity index (χ2v) is 5.74. The standard InChI is InChI=1S/C15H10N4O2S/c1-9-4-5-11(21-9)7-12-14(20)19-15(22-12)17-13(18-19)10-3-2-6-16-8-10/h2-8H,1H3. The van der Waals surface area contributed by atoms with Crippen molar-refractivity contribution >= 4 is 22.4 Å². The summed E-state index contributed by atoms with van der Waals surface area (Å²) in [5, 5.41) is 4.26. The summed E-state index contributed by atoms with van der Waals surface area (Å²) >= 11 is 1.28. The first-order valence-corrected chi connectivity index (χ1v) is 7.40. The summed E-state index contributed by atoms with van der Waals surface area (Å²) in [4.78, 5) is 21.3. The molecule has 0 radical (unpaired) electrons. The molecule has 0 aromatic carbocycles. The van der Waals surface area contributed by atoms with Crippen molar-refractivity contribution in [2.24, 2.45) is 0 Å². The van der Waals surface area contributed by atoms with E-state index in [0.29, 0.717) is 21.1 Å². The zero-order chi connectivity index (χ0) is 15.1. The molecule has 4 aromatic rings. The lowest BCUT2D eigenvalue weighted by Crippen LogP contribution is -2.23. The van der Waals surface area contributed by atoms with Gasteiger partial charge in [0.05, 0.1) is 0 Å². The predicted molar refractivity (Wildman–Crippen MR) is 82.6 cm³/mol. The van der Waals surface area contributed by atoms with E-state index in [1.54, 1.807) is 24.5 Å². The number of nitrogens with zero attached hydrogens (tertiary/aromatic N) is 4. The summed E-state index contributed by atoms with van der Waals surface area (Å²) in [6.45, 7) is 1.86. The van der Waals surface area contributed by atoms with Gasteiger partial charge >= 0.3 is 0 Å². The lowest BCUT2D eigenvalue weighted by atomic mass is 10.3. The molecule has 0 spiro atoms. The van der Waals surface area contributed by atoms with Crippen LogP contribution in [0.15, 0.2) is 45.9 Å².